The number of hydrogen-bond acceptors (Lipinski definition) is 2. The van der Waals surface area contributed by atoms with Gasteiger partial charge in [0.25, 0.3) is 0 Å². The van der Waals surface area contributed by atoms with Crippen LogP contribution >= 0.6 is 15.9 Å². The molecule has 0 amide bonds. The molecule has 0 saturated heterocycles. The zero-order chi connectivity index (χ0) is 13.8. The van der Waals surface area contributed by atoms with E-state index in [4.69, 9.17) is 4.74 Å². The first-order chi connectivity index (χ1) is 9.10. The Bertz CT molecular complexity index is 549. The normalized spacial score (nSPS) is 12.2. The predicted molar refractivity (Wildman–Crippen MR) is 80.6 cm³/mol. The number of aliphatic hydroxyl groups is 1. The molecule has 1 N–H and O–H groups in total. The molecule has 3 heteroatoms. The molecule has 0 aliphatic rings. The van der Waals surface area contributed by atoms with Crippen molar-refractivity contribution in [1.29, 1.82) is 0 Å². The summed E-state index contributed by atoms with van der Waals surface area (Å²) in [5.74, 6) is 1.55. The summed E-state index contributed by atoms with van der Waals surface area (Å²) in [6.07, 6.45) is 0.309. The number of aryl methyl sites for hydroxylation is 1. The SMILES string of the molecule is CC[C@H](O)c1ccc(Oc2ccc(C)cc2Br)cc1. The molecular formula is C16H17BrO2. The Labute approximate surface area is 122 Å². The lowest BCUT2D eigenvalue weighted by atomic mass is 10.1. The number of benzene rings is 2. The van der Waals surface area contributed by atoms with Gasteiger partial charge in [-0.1, -0.05) is 25.1 Å². The molecule has 2 rings (SSSR count). The number of hydrogen-bond donors (Lipinski definition) is 1. The third kappa shape index (κ3) is 3.58. The molecule has 0 unspecified atom stereocenters. The maximum absolute atomic E-state index is 9.74. The van der Waals surface area contributed by atoms with Crippen molar-refractivity contribution in [2.75, 3.05) is 0 Å². The Balaban J connectivity index is 2.15. The van der Waals surface area contributed by atoms with Crippen molar-refractivity contribution in [1.82, 2.24) is 0 Å². The Hall–Kier alpha value is -1.32. The first-order valence-corrected chi connectivity index (χ1v) is 7.11. The fourth-order valence-corrected chi connectivity index (χ4v) is 2.38. The summed E-state index contributed by atoms with van der Waals surface area (Å²) in [6.45, 7) is 3.99. The lowest BCUT2D eigenvalue weighted by Gasteiger charge is -2.11. The fraction of sp³-hybridized carbons (Fsp3) is 0.250. The minimum Gasteiger partial charge on any atom is -0.456 e. The summed E-state index contributed by atoms with van der Waals surface area (Å²) in [6, 6.07) is 13.5. The van der Waals surface area contributed by atoms with Gasteiger partial charge in [0.2, 0.25) is 0 Å². The van der Waals surface area contributed by atoms with Gasteiger partial charge in [0, 0.05) is 0 Å². The third-order valence-corrected chi connectivity index (χ3v) is 3.59. The summed E-state index contributed by atoms with van der Waals surface area (Å²) in [7, 11) is 0. The number of ether oxygens (including phenoxy) is 1. The highest BCUT2D eigenvalue weighted by Crippen LogP contribution is 2.31. The van der Waals surface area contributed by atoms with Crippen molar-refractivity contribution in [2.45, 2.75) is 26.4 Å². The van der Waals surface area contributed by atoms with E-state index in [0.717, 1.165) is 21.5 Å². The summed E-state index contributed by atoms with van der Waals surface area (Å²) >= 11 is 3.49. The van der Waals surface area contributed by atoms with Gasteiger partial charge in [-0.05, 0) is 64.7 Å². The lowest BCUT2D eigenvalue weighted by molar-refractivity contribution is 0.173. The van der Waals surface area contributed by atoms with Crippen LogP contribution in [0.1, 0.15) is 30.6 Å². The molecule has 19 heavy (non-hydrogen) atoms. The summed E-state index contributed by atoms with van der Waals surface area (Å²) in [4.78, 5) is 0. The number of halogens is 1. The topological polar surface area (TPSA) is 29.5 Å². The van der Waals surface area contributed by atoms with Crippen molar-refractivity contribution in [2.24, 2.45) is 0 Å². The van der Waals surface area contributed by atoms with Crippen LogP contribution in [0.2, 0.25) is 0 Å². The molecule has 0 radical (unpaired) electrons. The highest BCUT2D eigenvalue weighted by Gasteiger charge is 2.06. The van der Waals surface area contributed by atoms with Crippen LogP contribution in [0.25, 0.3) is 0 Å². The van der Waals surface area contributed by atoms with Crippen LogP contribution in [-0.4, -0.2) is 5.11 Å². The van der Waals surface area contributed by atoms with Crippen molar-refractivity contribution in [3.63, 3.8) is 0 Å². The smallest absolute Gasteiger partial charge is 0.141 e. The maximum atomic E-state index is 9.74. The first-order valence-electron chi connectivity index (χ1n) is 6.32. The van der Waals surface area contributed by atoms with Crippen LogP contribution in [0.5, 0.6) is 11.5 Å². The molecule has 0 aliphatic carbocycles. The summed E-state index contributed by atoms with van der Waals surface area (Å²) < 4.78 is 6.74. The van der Waals surface area contributed by atoms with E-state index in [1.807, 2.05) is 56.3 Å². The zero-order valence-electron chi connectivity index (χ0n) is 11.1. The molecule has 2 aromatic rings. The predicted octanol–water partition coefficient (Wildman–Crippen LogP) is 4.99. The van der Waals surface area contributed by atoms with Gasteiger partial charge in [0.15, 0.2) is 0 Å². The fourth-order valence-electron chi connectivity index (χ4n) is 1.81. The Kier molecular flexibility index (Phi) is 4.61. The molecule has 0 bridgehead atoms. The average molecular weight is 321 g/mol. The van der Waals surface area contributed by atoms with Gasteiger partial charge in [-0.15, -0.1) is 0 Å². The molecule has 0 spiro atoms. The van der Waals surface area contributed by atoms with E-state index in [-0.39, 0.29) is 0 Å². The van der Waals surface area contributed by atoms with Gasteiger partial charge in [0.1, 0.15) is 11.5 Å². The van der Waals surface area contributed by atoms with E-state index in [1.54, 1.807) is 0 Å². The van der Waals surface area contributed by atoms with Gasteiger partial charge in [-0.2, -0.15) is 0 Å². The second-order valence-electron chi connectivity index (χ2n) is 4.53. The maximum Gasteiger partial charge on any atom is 0.141 e. The van der Waals surface area contributed by atoms with Crippen LogP contribution in [0.15, 0.2) is 46.9 Å². The van der Waals surface area contributed by atoms with Crippen LogP contribution in [-0.2, 0) is 0 Å². The molecule has 2 nitrogen and oxygen atoms in total. The van der Waals surface area contributed by atoms with E-state index in [1.165, 1.54) is 5.56 Å². The van der Waals surface area contributed by atoms with E-state index >= 15 is 0 Å². The van der Waals surface area contributed by atoms with Gasteiger partial charge in [-0.3, -0.25) is 0 Å². The van der Waals surface area contributed by atoms with E-state index in [2.05, 4.69) is 15.9 Å². The zero-order valence-corrected chi connectivity index (χ0v) is 12.6. The second-order valence-corrected chi connectivity index (χ2v) is 5.38. The summed E-state index contributed by atoms with van der Waals surface area (Å²) in [5, 5.41) is 9.74. The van der Waals surface area contributed by atoms with Crippen LogP contribution < -0.4 is 4.74 Å². The van der Waals surface area contributed by atoms with Crippen molar-refractivity contribution < 1.29 is 9.84 Å². The van der Waals surface area contributed by atoms with Crippen LogP contribution in [0.4, 0.5) is 0 Å². The first kappa shape index (κ1) is 14.1. The van der Waals surface area contributed by atoms with Gasteiger partial charge >= 0.3 is 0 Å². The lowest BCUT2D eigenvalue weighted by Crippen LogP contribution is -1.94. The van der Waals surface area contributed by atoms with Crippen molar-refractivity contribution in [3.8, 4) is 11.5 Å². The molecule has 0 saturated carbocycles. The van der Waals surface area contributed by atoms with Gasteiger partial charge in [0.05, 0.1) is 10.6 Å². The van der Waals surface area contributed by atoms with Crippen LogP contribution in [0.3, 0.4) is 0 Å². The van der Waals surface area contributed by atoms with Crippen molar-refractivity contribution in [3.05, 3.63) is 58.1 Å². The third-order valence-electron chi connectivity index (χ3n) is 2.97. The van der Waals surface area contributed by atoms with Gasteiger partial charge < -0.3 is 9.84 Å². The second kappa shape index (κ2) is 6.22. The minimum atomic E-state index is -0.403. The average Bonchev–Trinajstić information content (AvgIpc) is 2.42. The van der Waals surface area contributed by atoms with Gasteiger partial charge in [-0.25, -0.2) is 0 Å². The molecule has 0 heterocycles. The van der Waals surface area contributed by atoms with Crippen LogP contribution in [0, 0.1) is 6.92 Å². The molecule has 1 atom stereocenters. The quantitative estimate of drug-likeness (QED) is 0.859. The molecule has 2 aromatic carbocycles. The molecule has 0 aromatic heterocycles. The van der Waals surface area contributed by atoms with E-state index in [0.29, 0.717) is 6.42 Å². The summed E-state index contributed by atoms with van der Waals surface area (Å²) in [5.41, 5.74) is 2.10. The number of rotatable bonds is 4. The van der Waals surface area contributed by atoms with Crippen molar-refractivity contribution >= 4 is 15.9 Å². The Morgan fingerprint density at radius 3 is 2.42 bits per heavy atom. The highest BCUT2D eigenvalue weighted by molar-refractivity contribution is 9.10. The standard InChI is InChI=1S/C16H17BrO2/c1-3-15(18)12-5-7-13(8-6-12)19-16-9-4-11(2)10-14(16)17/h4-10,15,18H,3H2,1-2H3/t15-/m0/s1. The largest absolute Gasteiger partial charge is 0.456 e. The molecule has 0 aliphatic heterocycles. The Morgan fingerprint density at radius 2 is 1.84 bits per heavy atom. The Morgan fingerprint density at radius 1 is 1.16 bits per heavy atom. The van der Waals surface area contributed by atoms with E-state index in [9.17, 15) is 5.11 Å². The monoisotopic (exact) mass is 320 g/mol. The number of aliphatic hydroxyl groups excluding tert-OH is 1. The van der Waals surface area contributed by atoms with E-state index < -0.39 is 6.10 Å². The minimum absolute atomic E-state index is 0.403. The molecule has 100 valence electrons. The molecule has 0 fully saturated rings. The molecular weight excluding hydrogens is 304 g/mol. The highest BCUT2D eigenvalue weighted by atomic mass is 79.9.